The van der Waals surface area contributed by atoms with Crippen molar-refractivity contribution >= 4 is 34.2 Å². The van der Waals surface area contributed by atoms with Crippen molar-refractivity contribution in [3.05, 3.63) is 54.1 Å². The first-order chi connectivity index (χ1) is 13.5. The molecular weight excluding hydrogens is 363 g/mol. The molecule has 0 spiro atoms. The molecule has 4 rings (SSSR count). The molecule has 2 aromatic carbocycles. The number of anilines is 2. The number of benzene rings is 2. The van der Waals surface area contributed by atoms with Gasteiger partial charge in [0.1, 0.15) is 18.2 Å². The second kappa shape index (κ2) is 7.40. The van der Waals surface area contributed by atoms with Gasteiger partial charge in [0.05, 0.1) is 22.6 Å². The van der Waals surface area contributed by atoms with Crippen LogP contribution in [-0.4, -0.2) is 35.4 Å². The number of amides is 2. The Bertz CT molecular complexity index is 1050. The van der Waals surface area contributed by atoms with Gasteiger partial charge in [0.2, 0.25) is 11.8 Å². The van der Waals surface area contributed by atoms with E-state index in [2.05, 4.69) is 15.3 Å². The molecule has 0 bridgehead atoms. The summed E-state index contributed by atoms with van der Waals surface area (Å²) in [6.45, 7) is 0.516. The van der Waals surface area contributed by atoms with Gasteiger partial charge in [0, 0.05) is 25.8 Å². The topological polar surface area (TPSA) is 87.3 Å². The summed E-state index contributed by atoms with van der Waals surface area (Å²) < 4.78 is 19.0. The molecule has 1 atom stereocenters. The lowest BCUT2D eigenvalue weighted by molar-refractivity contribution is -0.122. The van der Waals surface area contributed by atoms with Gasteiger partial charge in [0.25, 0.3) is 0 Å². The number of carbonyl (C=O) groups is 2. The zero-order valence-electron chi connectivity index (χ0n) is 15.2. The highest BCUT2D eigenvalue weighted by molar-refractivity contribution is 6.04. The quantitative estimate of drug-likeness (QED) is 0.710. The van der Waals surface area contributed by atoms with Gasteiger partial charge >= 0.3 is 0 Å². The predicted molar refractivity (Wildman–Crippen MR) is 102 cm³/mol. The number of para-hydroxylation sites is 1. The highest BCUT2D eigenvalue weighted by atomic mass is 19.1. The maximum absolute atomic E-state index is 14.0. The van der Waals surface area contributed by atoms with Crippen LogP contribution < -0.4 is 10.2 Å². The lowest BCUT2D eigenvalue weighted by atomic mass is 10.1. The van der Waals surface area contributed by atoms with Crippen molar-refractivity contribution in [3.63, 3.8) is 0 Å². The van der Waals surface area contributed by atoms with Gasteiger partial charge in [-0.05, 0) is 30.3 Å². The van der Waals surface area contributed by atoms with Crippen LogP contribution in [0.2, 0.25) is 0 Å². The van der Waals surface area contributed by atoms with Crippen molar-refractivity contribution in [2.45, 2.75) is 13.0 Å². The summed E-state index contributed by atoms with van der Waals surface area (Å²) in [5, 5.41) is 2.83. The van der Waals surface area contributed by atoms with E-state index >= 15 is 0 Å². The molecule has 0 unspecified atom stereocenters. The van der Waals surface area contributed by atoms with E-state index < -0.39 is 11.7 Å². The summed E-state index contributed by atoms with van der Waals surface area (Å²) in [6.07, 6.45) is 0.0461. The van der Waals surface area contributed by atoms with Gasteiger partial charge in [-0.25, -0.2) is 9.37 Å². The van der Waals surface area contributed by atoms with Crippen LogP contribution in [0.5, 0.6) is 0 Å². The Hall–Kier alpha value is -3.26. The molecule has 1 aliphatic rings. The number of methoxy groups -OCH3 is 1. The highest BCUT2D eigenvalue weighted by Crippen LogP contribution is 2.28. The Kier molecular flexibility index (Phi) is 4.79. The van der Waals surface area contributed by atoms with Gasteiger partial charge in [0.15, 0.2) is 0 Å². The molecule has 1 fully saturated rings. The molecule has 2 amide bonds. The van der Waals surface area contributed by atoms with Crippen LogP contribution in [0.15, 0.2) is 42.5 Å². The normalized spacial score (nSPS) is 16.7. The predicted octanol–water partition coefficient (Wildman–Crippen LogP) is 2.84. The van der Waals surface area contributed by atoms with Crippen molar-refractivity contribution in [2.75, 3.05) is 23.9 Å². The summed E-state index contributed by atoms with van der Waals surface area (Å²) in [7, 11) is 1.59. The number of hydrogen-bond acceptors (Lipinski definition) is 4. The Morgan fingerprint density at radius 2 is 2.18 bits per heavy atom. The fourth-order valence-electron chi connectivity index (χ4n) is 3.38. The van der Waals surface area contributed by atoms with Crippen LogP contribution in [-0.2, 0) is 20.9 Å². The molecule has 2 N–H and O–H groups in total. The molecule has 1 aromatic heterocycles. The van der Waals surface area contributed by atoms with Crippen molar-refractivity contribution in [1.82, 2.24) is 9.97 Å². The molecule has 0 radical (unpaired) electrons. The maximum Gasteiger partial charge on any atom is 0.229 e. The molecule has 0 aliphatic carbocycles. The standard InChI is InChI=1S/C20H19FN4O3/c1-28-11-18-23-15-7-6-13(9-16(15)24-18)22-20(27)12-8-19(26)25(10-12)17-5-3-2-4-14(17)21/h2-7,9,12H,8,10-11H2,1H3,(H,22,27)(H,23,24)/t12-/m0/s1. The zero-order chi connectivity index (χ0) is 19.7. The Morgan fingerprint density at radius 3 is 2.96 bits per heavy atom. The average molecular weight is 382 g/mol. The van der Waals surface area contributed by atoms with Gasteiger partial charge in [-0.2, -0.15) is 0 Å². The minimum absolute atomic E-state index is 0.0461. The average Bonchev–Trinajstić information content (AvgIpc) is 3.25. The number of hydrogen-bond donors (Lipinski definition) is 2. The Labute approximate surface area is 160 Å². The maximum atomic E-state index is 14.0. The van der Waals surface area contributed by atoms with Crippen molar-refractivity contribution in [3.8, 4) is 0 Å². The van der Waals surface area contributed by atoms with E-state index in [9.17, 15) is 14.0 Å². The number of rotatable bonds is 5. The number of carbonyl (C=O) groups excluding carboxylic acids is 2. The van der Waals surface area contributed by atoms with Crippen LogP contribution >= 0.6 is 0 Å². The number of H-pyrrole nitrogens is 1. The molecule has 0 saturated carbocycles. The summed E-state index contributed by atoms with van der Waals surface area (Å²) in [4.78, 5) is 33.8. The fourth-order valence-corrected chi connectivity index (χ4v) is 3.38. The van der Waals surface area contributed by atoms with Crippen LogP contribution in [0.1, 0.15) is 12.2 Å². The molecule has 8 heteroatoms. The third-order valence-corrected chi connectivity index (χ3v) is 4.72. The van der Waals surface area contributed by atoms with Gasteiger partial charge in [-0.1, -0.05) is 12.1 Å². The van der Waals surface area contributed by atoms with E-state index in [-0.39, 0.29) is 30.5 Å². The van der Waals surface area contributed by atoms with E-state index in [0.29, 0.717) is 18.1 Å². The number of halogens is 1. The third kappa shape index (κ3) is 3.46. The SMILES string of the molecule is COCc1nc2ccc(NC(=O)[C@H]3CC(=O)N(c4ccccc4F)C3)cc2[nH]1. The number of fused-ring (bicyclic) bond motifs is 1. The summed E-state index contributed by atoms with van der Waals surface area (Å²) in [5.41, 5.74) is 2.35. The first kappa shape index (κ1) is 18.1. The van der Waals surface area contributed by atoms with E-state index in [4.69, 9.17) is 4.74 Å². The number of aromatic nitrogens is 2. The largest absolute Gasteiger partial charge is 0.377 e. The summed E-state index contributed by atoms with van der Waals surface area (Å²) in [6, 6.07) is 11.4. The van der Waals surface area contributed by atoms with Crippen LogP contribution in [0, 0.1) is 11.7 Å². The van der Waals surface area contributed by atoms with Gasteiger partial charge < -0.3 is 19.9 Å². The molecule has 144 valence electrons. The molecular formula is C20H19FN4O3. The van der Waals surface area contributed by atoms with Crippen LogP contribution in [0.4, 0.5) is 15.8 Å². The van der Waals surface area contributed by atoms with E-state index in [0.717, 1.165) is 11.0 Å². The Balaban J connectivity index is 1.47. The third-order valence-electron chi connectivity index (χ3n) is 4.72. The molecule has 1 saturated heterocycles. The molecule has 2 heterocycles. The highest BCUT2D eigenvalue weighted by Gasteiger charge is 2.36. The minimum Gasteiger partial charge on any atom is -0.377 e. The zero-order valence-corrected chi connectivity index (χ0v) is 15.2. The van der Waals surface area contributed by atoms with Gasteiger partial charge in [-0.3, -0.25) is 9.59 Å². The minimum atomic E-state index is -0.548. The van der Waals surface area contributed by atoms with Crippen molar-refractivity contribution < 1.29 is 18.7 Å². The summed E-state index contributed by atoms with van der Waals surface area (Å²) in [5.74, 6) is -0.869. The lowest BCUT2D eigenvalue weighted by Gasteiger charge is -2.17. The first-order valence-corrected chi connectivity index (χ1v) is 8.88. The number of nitrogens with one attached hydrogen (secondary N) is 2. The second-order valence-electron chi connectivity index (χ2n) is 6.69. The fraction of sp³-hybridized carbons (Fsp3) is 0.250. The second-order valence-corrected chi connectivity index (χ2v) is 6.69. The van der Waals surface area contributed by atoms with Gasteiger partial charge in [-0.15, -0.1) is 0 Å². The molecule has 3 aromatic rings. The molecule has 7 nitrogen and oxygen atoms in total. The van der Waals surface area contributed by atoms with Crippen LogP contribution in [0.25, 0.3) is 11.0 Å². The Morgan fingerprint density at radius 1 is 1.36 bits per heavy atom. The lowest BCUT2D eigenvalue weighted by Crippen LogP contribution is -2.28. The van der Waals surface area contributed by atoms with Crippen molar-refractivity contribution in [2.24, 2.45) is 5.92 Å². The number of nitrogens with zero attached hydrogens (tertiary/aromatic N) is 2. The van der Waals surface area contributed by atoms with Crippen LogP contribution in [0.3, 0.4) is 0 Å². The number of aromatic amines is 1. The first-order valence-electron chi connectivity index (χ1n) is 8.88. The summed E-state index contributed by atoms with van der Waals surface area (Å²) >= 11 is 0. The molecule has 1 aliphatic heterocycles. The number of imidazole rings is 1. The van der Waals surface area contributed by atoms with E-state index in [1.54, 1.807) is 37.4 Å². The van der Waals surface area contributed by atoms with E-state index in [1.165, 1.54) is 17.0 Å². The van der Waals surface area contributed by atoms with Crippen molar-refractivity contribution in [1.29, 1.82) is 0 Å². The number of ether oxygens (including phenoxy) is 1. The monoisotopic (exact) mass is 382 g/mol. The van der Waals surface area contributed by atoms with E-state index in [1.807, 2.05) is 0 Å². The smallest absolute Gasteiger partial charge is 0.229 e. The molecule has 28 heavy (non-hydrogen) atoms.